The first-order valence-corrected chi connectivity index (χ1v) is 8.84. The Bertz CT molecular complexity index is 768. The standard InChI is InChI=1S/C19H19BrN2O3/c1-13-2-8-16(9-3-13)25-12-17(23)21-22-18(24)19(10-11-19)14-4-6-15(20)7-5-14/h2-9H,10-12H2,1H3,(H,21,23)(H,22,24). The minimum Gasteiger partial charge on any atom is -0.484 e. The molecule has 0 atom stereocenters. The van der Waals surface area contributed by atoms with Crippen molar-refractivity contribution in [2.75, 3.05) is 6.61 Å². The van der Waals surface area contributed by atoms with Gasteiger partial charge in [-0.3, -0.25) is 20.4 Å². The summed E-state index contributed by atoms with van der Waals surface area (Å²) >= 11 is 3.39. The lowest BCUT2D eigenvalue weighted by molar-refractivity contribution is -0.131. The molecular weight excluding hydrogens is 384 g/mol. The first-order valence-electron chi connectivity index (χ1n) is 8.04. The van der Waals surface area contributed by atoms with Gasteiger partial charge in [0.15, 0.2) is 6.61 Å². The second-order valence-corrected chi connectivity index (χ2v) is 7.11. The summed E-state index contributed by atoms with van der Waals surface area (Å²) in [6, 6.07) is 15.1. The maximum absolute atomic E-state index is 12.5. The summed E-state index contributed by atoms with van der Waals surface area (Å²) in [6.07, 6.45) is 1.55. The summed E-state index contributed by atoms with van der Waals surface area (Å²) in [5.41, 5.74) is 6.47. The first-order chi connectivity index (χ1) is 12.0. The van der Waals surface area contributed by atoms with Crippen LogP contribution in [0.3, 0.4) is 0 Å². The molecule has 25 heavy (non-hydrogen) atoms. The molecule has 1 saturated carbocycles. The summed E-state index contributed by atoms with van der Waals surface area (Å²) in [4.78, 5) is 24.3. The van der Waals surface area contributed by atoms with E-state index in [4.69, 9.17) is 4.74 Å². The molecule has 130 valence electrons. The third kappa shape index (κ3) is 4.20. The highest BCUT2D eigenvalue weighted by Crippen LogP contribution is 2.48. The molecule has 1 aliphatic rings. The van der Waals surface area contributed by atoms with Crippen molar-refractivity contribution in [2.45, 2.75) is 25.2 Å². The Kier molecular flexibility index (Phi) is 5.08. The normalized spacial score (nSPS) is 14.5. The van der Waals surface area contributed by atoms with Crippen molar-refractivity contribution in [1.82, 2.24) is 10.9 Å². The zero-order valence-corrected chi connectivity index (χ0v) is 15.4. The van der Waals surface area contributed by atoms with Crippen LogP contribution in [0.1, 0.15) is 24.0 Å². The third-order valence-corrected chi connectivity index (χ3v) is 4.82. The van der Waals surface area contributed by atoms with Gasteiger partial charge in [-0.25, -0.2) is 0 Å². The lowest BCUT2D eigenvalue weighted by Gasteiger charge is -2.16. The summed E-state index contributed by atoms with van der Waals surface area (Å²) in [5.74, 6) is 0.0136. The number of hydrazine groups is 1. The van der Waals surface area contributed by atoms with E-state index in [1.165, 1.54) is 0 Å². The molecule has 2 N–H and O–H groups in total. The molecule has 0 spiro atoms. The van der Waals surface area contributed by atoms with Crippen molar-refractivity contribution in [3.8, 4) is 5.75 Å². The van der Waals surface area contributed by atoms with Gasteiger partial charge in [0.05, 0.1) is 5.41 Å². The van der Waals surface area contributed by atoms with Gasteiger partial charge in [-0.2, -0.15) is 0 Å². The van der Waals surface area contributed by atoms with Crippen molar-refractivity contribution in [1.29, 1.82) is 0 Å². The predicted molar refractivity (Wildman–Crippen MR) is 98.0 cm³/mol. The van der Waals surface area contributed by atoms with E-state index in [1.807, 2.05) is 43.3 Å². The molecule has 2 amide bonds. The predicted octanol–water partition coefficient (Wildman–Crippen LogP) is 3.02. The zero-order valence-electron chi connectivity index (χ0n) is 13.8. The van der Waals surface area contributed by atoms with Gasteiger partial charge < -0.3 is 4.74 Å². The highest BCUT2D eigenvalue weighted by molar-refractivity contribution is 9.10. The highest BCUT2D eigenvalue weighted by Gasteiger charge is 2.51. The molecule has 1 fully saturated rings. The summed E-state index contributed by atoms with van der Waals surface area (Å²) in [7, 11) is 0. The fourth-order valence-corrected chi connectivity index (χ4v) is 2.87. The van der Waals surface area contributed by atoms with E-state index >= 15 is 0 Å². The quantitative estimate of drug-likeness (QED) is 0.755. The Morgan fingerprint density at radius 3 is 2.28 bits per heavy atom. The van der Waals surface area contributed by atoms with Crippen molar-refractivity contribution >= 4 is 27.7 Å². The molecule has 0 aromatic heterocycles. The molecule has 3 rings (SSSR count). The monoisotopic (exact) mass is 402 g/mol. The molecule has 2 aromatic rings. The Morgan fingerprint density at radius 1 is 1.04 bits per heavy atom. The molecule has 6 heteroatoms. The second-order valence-electron chi connectivity index (χ2n) is 6.19. The number of carbonyl (C=O) groups is 2. The topological polar surface area (TPSA) is 67.4 Å². The molecule has 0 radical (unpaired) electrons. The van der Waals surface area contributed by atoms with Gasteiger partial charge in [-0.1, -0.05) is 45.8 Å². The Morgan fingerprint density at radius 2 is 1.68 bits per heavy atom. The molecule has 0 saturated heterocycles. The van der Waals surface area contributed by atoms with Gasteiger partial charge in [-0.05, 0) is 49.6 Å². The van der Waals surface area contributed by atoms with Crippen LogP contribution in [-0.2, 0) is 15.0 Å². The van der Waals surface area contributed by atoms with Crippen LogP contribution in [0.25, 0.3) is 0 Å². The van der Waals surface area contributed by atoms with Gasteiger partial charge in [0, 0.05) is 4.47 Å². The number of benzene rings is 2. The van der Waals surface area contributed by atoms with Crippen LogP contribution in [0.4, 0.5) is 0 Å². The number of amides is 2. The van der Waals surface area contributed by atoms with Crippen LogP contribution in [-0.4, -0.2) is 18.4 Å². The Hall–Kier alpha value is -2.34. The molecule has 1 aliphatic carbocycles. The lowest BCUT2D eigenvalue weighted by Crippen LogP contribution is -2.48. The molecule has 2 aromatic carbocycles. The third-order valence-electron chi connectivity index (χ3n) is 4.29. The molecule has 0 unspecified atom stereocenters. The van der Waals surface area contributed by atoms with Gasteiger partial charge >= 0.3 is 0 Å². The van der Waals surface area contributed by atoms with Crippen LogP contribution in [0, 0.1) is 6.92 Å². The second kappa shape index (κ2) is 7.27. The van der Waals surface area contributed by atoms with Crippen LogP contribution in [0.15, 0.2) is 53.0 Å². The van der Waals surface area contributed by atoms with Gasteiger partial charge in [-0.15, -0.1) is 0 Å². The lowest BCUT2D eigenvalue weighted by atomic mass is 9.95. The zero-order chi connectivity index (χ0) is 17.9. The number of rotatable bonds is 5. The molecule has 0 heterocycles. The number of ether oxygens (including phenoxy) is 1. The minimum atomic E-state index is -0.536. The summed E-state index contributed by atoms with van der Waals surface area (Å²) in [6.45, 7) is 1.82. The number of hydrogen-bond acceptors (Lipinski definition) is 3. The Balaban J connectivity index is 1.49. The molecule has 0 bridgehead atoms. The van der Waals surface area contributed by atoms with Crippen LogP contribution in [0.5, 0.6) is 5.75 Å². The smallest absolute Gasteiger partial charge is 0.276 e. The number of halogens is 1. The van der Waals surface area contributed by atoms with Crippen molar-refractivity contribution in [2.24, 2.45) is 0 Å². The number of aryl methyl sites for hydroxylation is 1. The average Bonchev–Trinajstić information content (AvgIpc) is 3.41. The van der Waals surface area contributed by atoms with E-state index in [0.29, 0.717) is 5.75 Å². The Labute approximate surface area is 154 Å². The van der Waals surface area contributed by atoms with Crippen LogP contribution in [0.2, 0.25) is 0 Å². The van der Waals surface area contributed by atoms with E-state index in [0.717, 1.165) is 28.4 Å². The number of hydrogen-bond donors (Lipinski definition) is 2. The SMILES string of the molecule is Cc1ccc(OCC(=O)NNC(=O)C2(c3ccc(Br)cc3)CC2)cc1. The summed E-state index contributed by atoms with van der Waals surface area (Å²) in [5, 5.41) is 0. The van der Waals surface area contributed by atoms with E-state index in [-0.39, 0.29) is 12.5 Å². The molecule has 0 aliphatic heterocycles. The van der Waals surface area contributed by atoms with Crippen molar-refractivity contribution < 1.29 is 14.3 Å². The maximum atomic E-state index is 12.5. The van der Waals surface area contributed by atoms with E-state index < -0.39 is 11.3 Å². The van der Waals surface area contributed by atoms with Crippen LogP contribution >= 0.6 is 15.9 Å². The van der Waals surface area contributed by atoms with E-state index in [2.05, 4.69) is 26.8 Å². The highest BCUT2D eigenvalue weighted by atomic mass is 79.9. The fraction of sp³-hybridized carbons (Fsp3) is 0.263. The van der Waals surface area contributed by atoms with E-state index in [1.54, 1.807) is 12.1 Å². The molecular formula is C19H19BrN2O3. The van der Waals surface area contributed by atoms with Gasteiger partial charge in [0.25, 0.3) is 5.91 Å². The molecule has 5 nitrogen and oxygen atoms in total. The number of carbonyl (C=O) groups excluding carboxylic acids is 2. The summed E-state index contributed by atoms with van der Waals surface area (Å²) < 4.78 is 6.35. The number of nitrogens with one attached hydrogen (secondary N) is 2. The maximum Gasteiger partial charge on any atom is 0.276 e. The first kappa shape index (κ1) is 17.5. The van der Waals surface area contributed by atoms with Gasteiger partial charge in [0.1, 0.15) is 5.75 Å². The minimum absolute atomic E-state index is 0.158. The van der Waals surface area contributed by atoms with Crippen molar-refractivity contribution in [3.63, 3.8) is 0 Å². The van der Waals surface area contributed by atoms with E-state index in [9.17, 15) is 9.59 Å². The van der Waals surface area contributed by atoms with Gasteiger partial charge in [0.2, 0.25) is 5.91 Å². The largest absolute Gasteiger partial charge is 0.484 e. The van der Waals surface area contributed by atoms with Crippen molar-refractivity contribution in [3.05, 3.63) is 64.1 Å². The average molecular weight is 403 g/mol. The van der Waals surface area contributed by atoms with Crippen LogP contribution < -0.4 is 15.6 Å². The fourth-order valence-electron chi connectivity index (χ4n) is 2.61.